The van der Waals surface area contributed by atoms with Crippen molar-refractivity contribution in [3.8, 4) is 0 Å². The molecular weight excluding hydrogens is 384 g/mol. The predicted octanol–water partition coefficient (Wildman–Crippen LogP) is 2.74. The number of likely N-dealkylation sites (tertiary alicyclic amines) is 1. The lowest BCUT2D eigenvalue weighted by molar-refractivity contribution is -0.117. The molecule has 2 saturated heterocycles. The molecule has 0 aliphatic carbocycles. The zero-order valence-electron chi connectivity index (χ0n) is 16.7. The first kappa shape index (κ1) is 20.1. The van der Waals surface area contributed by atoms with Crippen molar-refractivity contribution in [2.75, 3.05) is 51.1 Å². The van der Waals surface area contributed by atoms with Crippen LogP contribution in [0, 0.1) is 0 Å². The maximum Gasteiger partial charge on any atom is 0.264 e. The molecule has 0 unspecified atom stereocenters. The molecule has 3 heterocycles. The van der Waals surface area contributed by atoms with Gasteiger partial charge in [0.25, 0.3) is 5.91 Å². The largest absolute Gasteiger partial charge is 0.335 e. The van der Waals surface area contributed by atoms with E-state index in [1.807, 2.05) is 34.5 Å². The molecule has 1 aromatic heterocycles. The van der Waals surface area contributed by atoms with E-state index in [9.17, 15) is 9.59 Å². The molecule has 6 nitrogen and oxygen atoms in total. The van der Waals surface area contributed by atoms with E-state index in [1.165, 1.54) is 42.8 Å². The highest BCUT2D eigenvalue weighted by atomic mass is 32.1. The minimum Gasteiger partial charge on any atom is -0.335 e. The van der Waals surface area contributed by atoms with Crippen LogP contribution < -0.4 is 5.32 Å². The lowest BCUT2D eigenvalue weighted by Gasteiger charge is -2.34. The third-order valence-electron chi connectivity index (χ3n) is 5.60. The molecule has 0 radical (unpaired) electrons. The topological polar surface area (TPSA) is 55.9 Å². The molecule has 0 saturated carbocycles. The van der Waals surface area contributed by atoms with Crippen molar-refractivity contribution in [1.82, 2.24) is 14.7 Å². The molecule has 2 aliphatic heterocycles. The molecule has 2 amide bonds. The van der Waals surface area contributed by atoms with Crippen LogP contribution in [0.2, 0.25) is 0 Å². The monoisotopic (exact) mass is 412 g/mol. The Morgan fingerprint density at radius 1 is 0.897 bits per heavy atom. The van der Waals surface area contributed by atoms with Crippen LogP contribution >= 0.6 is 11.3 Å². The molecule has 2 aromatic rings. The van der Waals surface area contributed by atoms with E-state index in [2.05, 4.69) is 27.2 Å². The smallest absolute Gasteiger partial charge is 0.264 e. The molecule has 4 rings (SSSR count). The standard InChI is InChI=1S/C22H28N4O2S/c27-21(23-19-7-5-18(6-8-19)16-24-9-1-2-10-24)17-25-11-13-26(14-12-25)22(28)20-4-3-15-29-20/h3-8,15H,1-2,9-14,16-17H2,(H,23,27). The first-order valence-corrected chi connectivity index (χ1v) is 11.2. The molecule has 7 heteroatoms. The van der Waals surface area contributed by atoms with Gasteiger partial charge in [0.1, 0.15) is 0 Å². The summed E-state index contributed by atoms with van der Waals surface area (Å²) in [7, 11) is 0. The van der Waals surface area contributed by atoms with Gasteiger partial charge in [0, 0.05) is 38.4 Å². The normalized spacial score (nSPS) is 18.1. The van der Waals surface area contributed by atoms with Gasteiger partial charge >= 0.3 is 0 Å². The highest BCUT2D eigenvalue weighted by Gasteiger charge is 2.23. The summed E-state index contributed by atoms with van der Waals surface area (Å²) in [6, 6.07) is 11.9. The van der Waals surface area contributed by atoms with Crippen molar-refractivity contribution in [3.63, 3.8) is 0 Å². The number of rotatable bonds is 6. The van der Waals surface area contributed by atoms with E-state index in [0.717, 1.165) is 30.2 Å². The molecule has 2 aliphatic rings. The molecule has 1 N–H and O–H groups in total. The van der Waals surface area contributed by atoms with Gasteiger partial charge in [-0.15, -0.1) is 11.3 Å². The summed E-state index contributed by atoms with van der Waals surface area (Å²) in [4.78, 5) is 32.0. The number of nitrogens with one attached hydrogen (secondary N) is 1. The summed E-state index contributed by atoms with van der Waals surface area (Å²) in [6.45, 7) is 6.48. The summed E-state index contributed by atoms with van der Waals surface area (Å²) in [5.41, 5.74) is 2.13. The molecule has 154 valence electrons. The number of nitrogens with zero attached hydrogens (tertiary/aromatic N) is 3. The zero-order chi connectivity index (χ0) is 20.1. The second-order valence-corrected chi connectivity index (χ2v) is 8.72. The van der Waals surface area contributed by atoms with Crippen molar-refractivity contribution in [2.45, 2.75) is 19.4 Å². The van der Waals surface area contributed by atoms with Gasteiger partial charge in [0.15, 0.2) is 0 Å². The third-order valence-corrected chi connectivity index (χ3v) is 6.46. The first-order valence-electron chi connectivity index (χ1n) is 10.3. The van der Waals surface area contributed by atoms with Crippen molar-refractivity contribution >= 4 is 28.8 Å². The molecule has 29 heavy (non-hydrogen) atoms. The SMILES string of the molecule is O=C(CN1CCN(C(=O)c2cccs2)CC1)Nc1ccc(CN2CCCC2)cc1. The van der Waals surface area contributed by atoms with Gasteiger partial charge in [0.05, 0.1) is 11.4 Å². The van der Waals surface area contributed by atoms with E-state index in [1.54, 1.807) is 0 Å². The number of hydrogen-bond donors (Lipinski definition) is 1. The summed E-state index contributed by atoms with van der Waals surface area (Å²) in [5, 5.41) is 4.92. The van der Waals surface area contributed by atoms with E-state index >= 15 is 0 Å². The Morgan fingerprint density at radius 2 is 1.62 bits per heavy atom. The lowest BCUT2D eigenvalue weighted by atomic mass is 10.2. The van der Waals surface area contributed by atoms with Crippen molar-refractivity contribution in [2.24, 2.45) is 0 Å². The van der Waals surface area contributed by atoms with Gasteiger partial charge in [-0.25, -0.2) is 0 Å². The van der Waals surface area contributed by atoms with Gasteiger partial charge in [0.2, 0.25) is 5.91 Å². The molecule has 1 aromatic carbocycles. The number of carbonyl (C=O) groups is 2. The minimum absolute atomic E-state index is 0.00433. The molecule has 0 spiro atoms. The molecule has 2 fully saturated rings. The quantitative estimate of drug-likeness (QED) is 0.793. The minimum atomic E-state index is -0.00433. The van der Waals surface area contributed by atoms with Crippen LogP contribution in [0.5, 0.6) is 0 Å². The number of anilines is 1. The molecule has 0 atom stereocenters. The van der Waals surface area contributed by atoms with Crippen LogP contribution in [0.4, 0.5) is 5.69 Å². The highest BCUT2D eigenvalue weighted by Crippen LogP contribution is 2.16. The van der Waals surface area contributed by atoms with E-state index in [-0.39, 0.29) is 11.8 Å². The predicted molar refractivity (Wildman–Crippen MR) is 116 cm³/mol. The lowest BCUT2D eigenvalue weighted by Crippen LogP contribution is -2.50. The Balaban J connectivity index is 1.20. The van der Waals surface area contributed by atoms with Crippen molar-refractivity contribution in [3.05, 3.63) is 52.2 Å². The van der Waals surface area contributed by atoms with Crippen LogP contribution in [0.1, 0.15) is 28.1 Å². The fourth-order valence-corrected chi connectivity index (χ4v) is 4.65. The Labute approximate surface area is 176 Å². The number of thiophene rings is 1. The fourth-order valence-electron chi connectivity index (χ4n) is 3.96. The average Bonchev–Trinajstić information content (AvgIpc) is 3.44. The van der Waals surface area contributed by atoms with Crippen molar-refractivity contribution < 1.29 is 9.59 Å². The number of benzene rings is 1. The highest BCUT2D eigenvalue weighted by molar-refractivity contribution is 7.12. The number of hydrogen-bond acceptors (Lipinski definition) is 5. The van der Waals surface area contributed by atoms with Crippen LogP contribution in [0.15, 0.2) is 41.8 Å². The van der Waals surface area contributed by atoms with Gasteiger partial charge in [-0.2, -0.15) is 0 Å². The Hall–Kier alpha value is -2.22. The van der Waals surface area contributed by atoms with Crippen LogP contribution in [-0.4, -0.2) is 72.3 Å². The summed E-state index contributed by atoms with van der Waals surface area (Å²) < 4.78 is 0. The van der Waals surface area contributed by atoms with Crippen LogP contribution in [0.3, 0.4) is 0 Å². The number of amides is 2. The Bertz CT molecular complexity index is 808. The zero-order valence-corrected chi connectivity index (χ0v) is 17.5. The van der Waals surface area contributed by atoms with Gasteiger partial charge in [-0.3, -0.25) is 19.4 Å². The second-order valence-electron chi connectivity index (χ2n) is 7.77. The van der Waals surface area contributed by atoms with E-state index in [0.29, 0.717) is 19.6 Å². The fraction of sp³-hybridized carbons (Fsp3) is 0.455. The van der Waals surface area contributed by atoms with E-state index < -0.39 is 0 Å². The third kappa shape index (κ3) is 5.44. The second kappa shape index (κ2) is 9.52. The summed E-state index contributed by atoms with van der Waals surface area (Å²) in [5.74, 6) is 0.0912. The Kier molecular flexibility index (Phi) is 6.59. The molecular formula is C22H28N4O2S. The first-order chi connectivity index (χ1) is 14.2. The summed E-state index contributed by atoms with van der Waals surface area (Å²) in [6.07, 6.45) is 2.59. The number of carbonyl (C=O) groups excluding carboxylic acids is 2. The number of piperazine rings is 1. The van der Waals surface area contributed by atoms with Gasteiger partial charge in [-0.05, 0) is 55.1 Å². The van der Waals surface area contributed by atoms with Crippen LogP contribution in [-0.2, 0) is 11.3 Å². The van der Waals surface area contributed by atoms with Crippen LogP contribution in [0.25, 0.3) is 0 Å². The van der Waals surface area contributed by atoms with Crippen molar-refractivity contribution in [1.29, 1.82) is 0 Å². The summed E-state index contributed by atoms with van der Waals surface area (Å²) >= 11 is 1.48. The molecule has 0 bridgehead atoms. The average molecular weight is 413 g/mol. The van der Waals surface area contributed by atoms with Gasteiger partial charge < -0.3 is 10.2 Å². The maximum absolute atomic E-state index is 12.4. The Morgan fingerprint density at radius 3 is 2.28 bits per heavy atom. The van der Waals surface area contributed by atoms with Gasteiger partial charge in [-0.1, -0.05) is 18.2 Å². The van der Waals surface area contributed by atoms with E-state index in [4.69, 9.17) is 0 Å². The maximum atomic E-state index is 12.4.